The van der Waals surface area contributed by atoms with Crippen LogP contribution in [0, 0.1) is 0 Å². The third kappa shape index (κ3) is 6.21. The van der Waals surface area contributed by atoms with Crippen LogP contribution in [0.2, 0.25) is 0 Å². The summed E-state index contributed by atoms with van der Waals surface area (Å²) in [6, 6.07) is 18.7. The second-order valence-corrected chi connectivity index (χ2v) is 9.18. The minimum Gasteiger partial charge on any atom is -0.322 e. The second kappa shape index (κ2) is 11.9. The fourth-order valence-electron chi connectivity index (χ4n) is 4.57. The van der Waals surface area contributed by atoms with E-state index in [0.717, 1.165) is 68.8 Å². The molecule has 8 heteroatoms. The second-order valence-electron chi connectivity index (χ2n) is 9.18. The van der Waals surface area contributed by atoms with Crippen molar-refractivity contribution in [1.29, 1.82) is 0 Å². The van der Waals surface area contributed by atoms with Crippen LogP contribution in [-0.4, -0.2) is 71.3 Å². The largest absolute Gasteiger partial charge is 0.324 e. The molecule has 8 nitrogen and oxygen atoms in total. The first-order chi connectivity index (χ1) is 17.1. The number of benzene rings is 2. The molecule has 186 valence electrons. The van der Waals surface area contributed by atoms with E-state index in [2.05, 4.69) is 53.0 Å². The summed E-state index contributed by atoms with van der Waals surface area (Å²) in [6.45, 7) is 3.85. The van der Waals surface area contributed by atoms with Gasteiger partial charge in [0.05, 0.1) is 5.52 Å². The van der Waals surface area contributed by atoms with E-state index in [-0.39, 0.29) is 11.9 Å². The van der Waals surface area contributed by atoms with Gasteiger partial charge in [0.15, 0.2) is 0 Å². The Morgan fingerprint density at radius 2 is 1.63 bits per heavy atom. The predicted molar refractivity (Wildman–Crippen MR) is 138 cm³/mol. The van der Waals surface area contributed by atoms with Crippen LogP contribution in [0.3, 0.4) is 0 Å². The number of urea groups is 1. The number of piperazine rings is 1. The Hall–Kier alpha value is -3.36. The smallest absolute Gasteiger partial charge is 0.322 e. The van der Waals surface area contributed by atoms with Gasteiger partial charge in [0.1, 0.15) is 0 Å². The highest BCUT2D eigenvalue weighted by Gasteiger charge is 2.25. The van der Waals surface area contributed by atoms with Gasteiger partial charge in [-0.1, -0.05) is 31.0 Å². The summed E-state index contributed by atoms with van der Waals surface area (Å²) in [5.41, 5.74) is 4.78. The lowest BCUT2D eigenvalue weighted by atomic mass is 10.1. The van der Waals surface area contributed by atoms with Gasteiger partial charge in [-0.2, -0.15) is 0 Å². The highest BCUT2D eigenvalue weighted by atomic mass is 16.5. The fraction of sp³-hybridized carbons (Fsp3) is 0.407. The van der Waals surface area contributed by atoms with Crippen LogP contribution in [0.4, 0.5) is 10.5 Å². The van der Waals surface area contributed by atoms with Gasteiger partial charge < -0.3 is 14.4 Å². The van der Waals surface area contributed by atoms with Gasteiger partial charge in [-0.05, 0) is 61.7 Å². The zero-order valence-corrected chi connectivity index (χ0v) is 20.4. The Labute approximate surface area is 206 Å². The predicted octanol–water partition coefficient (Wildman–Crippen LogP) is 4.26. The number of amides is 3. The zero-order chi connectivity index (χ0) is 24.6. The Morgan fingerprint density at radius 1 is 0.914 bits per heavy atom. The Balaban J connectivity index is 1.45. The molecule has 1 saturated heterocycles. The molecule has 0 radical (unpaired) electrons. The number of fused-ring (bicyclic) bond motifs is 1. The van der Waals surface area contributed by atoms with Crippen LogP contribution >= 0.6 is 0 Å². The standard InChI is InChI=1S/C27H35N5O3/c1-29-18-20-30(21-19-29)27(34)32(16-7-3-2-4-10-26(33)28-35)24-13-11-23(12-14-24)31-17-15-22-8-5-6-9-25(22)31/h5-6,8-9,11-15,17,35H,2-4,7,10,16,18-21H2,1H3,(H,28,33). The van der Waals surface area contributed by atoms with E-state index in [1.54, 1.807) is 5.48 Å². The number of likely N-dealkylation sites (N-methyl/N-ethyl adjacent to an activating group) is 1. The van der Waals surface area contributed by atoms with Crippen molar-refractivity contribution >= 4 is 28.5 Å². The van der Waals surface area contributed by atoms with Gasteiger partial charge in [0.25, 0.3) is 0 Å². The maximum absolute atomic E-state index is 13.5. The molecule has 0 unspecified atom stereocenters. The first-order valence-electron chi connectivity index (χ1n) is 12.4. The first kappa shape index (κ1) is 24.8. The van der Waals surface area contributed by atoms with Gasteiger partial charge in [-0.25, -0.2) is 10.3 Å². The summed E-state index contributed by atoms with van der Waals surface area (Å²) in [4.78, 5) is 30.8. The average Bonchev–Trinajstić information content (AvgIpc) is 3.32. The molecule has 2 N–H and O–H groups in total. The molecular formula is C27H35N5O3. The number of hydrogen-bond acceptors (Lipinski definition) is 4. The maximum Gasteiger partial charge on any atom is 0.324 e. The lowest BCUT2D eigenvalue weighted by Gasteiger charge is -2.36. The van der Waals surface area contributed by atoms with Crippen molar-refractivity contribution in [2.24, 2.45) is 0 Å². The SMILES string of the molecule is CN1CCN(C(=O)N(CCCCCCC(=O)NO)c2ccc(-n3ccc4ccccc43)cc2)CC1. The monoisotopic (exact) mass is 477 g/mol. The zero-order valence-electron chi connectivity index (χ0n) is 20.4. The van der Waals surface area contributed by atoms with Crippen molar-refractivity contribution in [3.8, 4) is 5.69 Å². The molecule has 3 amide bonds. The number of hydroxylamine groups is 1. The number of aromatic nitrogens is 1. The van der Waals surface area contributed by atoms with Crippen LogP contribution < -0.4 is 10.4 Å². The van der Waals surface area contributed by atoms with Crippen LogP contribution in [0.1, 0.15) is 32.1 Å². The van der Waals surface area contributed by atoms with Crippen molar-refractivity contribution in [3.63, 3.8) is 0 Å². The summed E-state index contributed by atoms with van der Waals surface area (Å²) in [5.74, 6) is -0.354. The van der Waals surface area contributed by atoms with Gasteiger partial charge >= 0.3 is 6.03 Å². The highest BCUT2D eigenvalue weighted by Crippen LogP contribution is 2.24. The topological polar surface area (TPSA) is 81.1 Å². The van der Waals surface area contributed by atoms with E-state index < -0.39 is 0 Å². The normalized spacial score (nSPS) is 14.3. The van der Waals surface area contributed by atoms with Crippen LogP contribution in [0.5, 0.6) is 0 Å². The number of unbranched alkanes of at least 4 members (excludes halogenated alkanes) is 3. The van der Waals surface area contributed by atoms with Crippen molar-refractivity contribution in [2.45, 2.75) is 32.1 Å². The number of nitrogens with one attached hydrogen (secondary N) is 1. The van der Waals surface area contributed by atoms with Gasteiger partial charge in [-0.15, -0.1) is 0 Å². The summed E-state index contributed by atoms with van der Waals surface area (Å²) < 4.78 is 2.16. The summed E-state index contributed by atoms with van der Waals surface area (Å²) in [7, 11) is 2.08. The highest BCUT2D eigenvalue weighted by molar-refractivity contribution is 5.92. The van der Waals surface area contributed by atoms with E-state index in [1.807, 2.05) is 34.1 Å². The molecule has 0 atom stereocenters. The van der Waals surface area contributed by atoms with E-state index >= 15 is 0 Å². The number of carbonyl (C=O) groups excluding carboxylic acids is 2. The number of carbonyl (C=O) groups is 2. The molecule has 2 aromatic carbocycles. The maximum atomic E-state index is 13.5. The van der Waals surface area contributed by atoms with E-state index in [0.29, 0.717) is 13.0 Å². The number of hydrogen-bond donors (Lipinski definition) is 2. The summed E-state index contributed by atoms with van der Waals surface area (Å²) >= 11 is 0. The fourth-order valence-corrected chi connectivity index (χ4v) is 4.57. The number of para-hydroxylation sites is 1. The molecule has 1 aromatic heterocycles. The van der Waals surface area contributed by atoms with Gasteiger partial charge in [-0.3, -0.25) is 14.9 Å². The molecule has 0 aliphatic carbocycles. The minimum atomic E-state index is -0.354. The molecule has 0 saturated carbocycles. The molecule has 0 bridgehead atoms. The van der Waals surface area contributed by atoms with Crippen molar-refractivity contribution in [3.05, 3.63) is 60.8 Å². The molecule has 3 aromatic rings. The van der Waals surface area contributed by atoms with Crippen molar-refractivity contribution in [2.75, 3.05) is 44.7 Å². The van der Waals surface area contributed by atoms with Crippen LogP contribution in [0.25, 0.3) is 16.6 Å². The quantitative estimate of drug-likeness (QED) is 0.274. The van der Waals surface area contributed by atoms with Crippen molar-refractivity contribution in [1.82, 2.24) is 19.8 Å². The molecule has 1 aliphatic heterocycles. The molecule has 2 heterocycles. The molecule has 0 spiro atoms. The molecule has 35 heavy (non-hydrogen) atoms. The lowest BCUT2D eigenvalue weighted by Crippen LogP contribution is -2.52. The first-order valence-corrected chi connectivity index (χ1v) is 12.4. The average molecular weight is 478 g/mol. The third-order valence-corrected chi connectivity index (χ3v) is 6.70. The molecule has 4 rings (SSSR count). The number of anilines is 1. The van der Waals surface area contributed by atoms with Crippen molar-refractivity contribution < 1.29 is 14.8 Å². The Bertz CT molecular complexity index is 1120. The van der Waals surface area contributed by atoms with E-state index in [4.69, 9.17) is 5.21 Å². The van der Waals surface area contributed by atoms with Crippen LogP contribution in [0.15, 0.2) is 60.8 Å². The van der Waals surface area contributed by atoms with Gasteiger partial charge in [0.2, 0.25) is 5.91 Å². The lowest BCUT2D eigenvalue weighted by molar-refractivity contribution is -0.129. The van der Waals surface area contributed by atoms with Gasteiger partial charge in [0, 0.05) is 56.7 Å². The third-order valence-electron chi connectivity index (χ3n) is 6.70. The number of nitrogens with zero attached hydrogens (tertiary/aromatic N) is 4. The minimum absolute atomic E-state index is 0.0527. The Morgan fingerprint density at radius 3 is 2.37 bits per heavy atom. The Kier molecular flexibility index (Phi) is 8.39. The van der Waals surface area contributed by atoms with E-state index in [1.165, 1.54) is 5.39 Å². The molecule has 1 fully saturated rings. The summed E-state index contributed by atoms with van der Waals surface area (Å²) in [6.07, 6.45) is 5.75. The number of rotatable bonds is 9. The molecule has 1 aliphatic rings. The van der Waals surface area contributed by atoms with E-state index in [9.17, 15) is 9.59 Å². The summed E-state index contributed by atoms with van der Waals surface area (Å²) in [5, 5.41) is 9.81. The van der Waals surface area contributed by atoms with Crippen LogP contribution in [-0.2, 0) is 4.79 Å². The molecular weight excluding hydrogens is 442 g/mol.